The number of hydrogen-bond donors (Lipinski definition) is 2. The van der Waals surface area contributed by atoms with Gasteiger partial charge in [0, 0.05) is 11.1 Å². The Bertz CT molecular complexity index is 1270. The lowest BCUT2D eigenvalue weighted by Gasteiger charge is -2.15. The summed E-state index contributed by atoms with van der Waals surface area (Å²) in [5.41, 5.74) is 1.67. The average molecular weight is 480 g/mol. The van der Waals surface area contributed by atoms with Crippen LogP contribution in [0.4, 0.5) is 10.1 Å². The van der Waals surface area contributed by atoms with Crippen molar-refractivity contribution < 1.29 is 33.4 Å². The van der Waals surface area contributed by atoms with Gasteiger partial charge in [0.25, 0.3) is 5.91 Å². The zero-order valence-corrected chi connectivity index (χ0v) is 19.7. The maximum Gasteiger partial charge on any atom is 0.337 e. The molecule has 0 fully saturated rings. The lowest BCUT2D eigenvalue weighted by atomic mass is 10.0. The van der Waals surface area contributed by atoms with E-state index in [-0.39, 0.29) is 40.5 Å². The van der Waals surface area contributed by atoms with Crippen molar-refractivity contribution in [3.8, 4) is 11.5 Å². The lowest BCUT2D eigenvalue weighted by Crippen LogP contribution is -2.14. The van der Waals surface area contributed by atoms with E-state index in [9.17, 15) is 23.9 Å². The number of phenols is 1. The molecule has 182 valence electrons. The molecule has 0 aliphatic heterocycles. The molecule has 35 heavy (non-hydrogen) atoms. The summed E-state index contributed by atoms with van der Waals surface area (Å²) >= 11 is 0. The first-order chi connectivity index (χ1) is 16.7. The molecule has 2 N–H and O–H groups in total. The summed E-state index contributed by atoms with van der Waals surface area (Å²) in [5, 5.41) is 13.0. The molecule has 3 aromatic rings. The summed E-state index contributed by atoms with van der Waals surface area (Å²) in [6, 6.07) is 13.3. The van der Waals surface area contributed by atoms with Crippen LogP contribution in [0.15, 0.2) is 54.6 Å². The third-order valence-corrected chi connectivity index (χ3v) is 5.34. The molecule has 0 radical (unpaired) electrons. The molecule has 0 saturated heterocycles. The highest BCUT2D eigenvalue weighted by molar-refractivity contribution is 6.05. The van der Waals surface area contributed by atoms with Crippen LogP contribution in [0.1, 0.15) is 62.5 Å². The standard InChI is InChI=1S/C27H26FNO6/c1-4-6-21-24(12-10-20(16(2)30)25(21)31)35-15-17-7-5-8-18(13-17)26(32)29-23-14-19(27(33)34-3)9-11-22(23)28/h5,7-14,31H,4,6,15H2,1-3H3,(H,29,32). The number of carbonyl (C=O) groups excluding carboxylic acids is 3. The Morgan fingerprint density at radius 2 is 1.80 bits per heavy atom. The van der Waals surface area contributed by atoms with Crippen LogP contribution in [0, 0.1) is 5.82 Å². The highest BCUT2D eigenvalue weighted by Gasteiger charge is 2.17. The Balaban J connectivity index is 1.77. The van der Waals surface area contributed by atoms with Crippen molar-refractivity contribution >= 4 is 23.3 Å². The first-order valence-electron chi connectivity index (χ1n) is 11.0. The molecule has 3 rings (SSSR count). The third-order valence-electron chi connectivity index (χ3n) is 5.34. The molecule has 0 aliphatic carbocycles. The Labute approximate surface area is 202 Å². The monoisotopic (exact) mass is 479 g/mol. The fourth-order valence-corrected chi connectivity index (χ4v) is 3.55. The minimum atomic E-state index is -0.692. The van der Waals surface area contributed by atoms with Gasteiger partial charge in [0.2, 0.25) is 0 Å². The van der Waals surface area contributed by atoms with E-state index in [0.29, 0.717) is 23.3 Å². The zero-order chi connectivity index (χ0) is 25.5. The quantitative estimate of drug-likeness (QED) is 0.319. The number of nitrogens with one attached hydrogen (secondary N) is 1. The van der Waals surface area contributed by atoms with Crippen molar-refractivity contribution in [3.05, 3.63) is 88.2 Å². The van der Waals surface area contributed by atoms with Gasteiger partial charge < -0.3 is 19.9 Å². The number of phenolic OH excluding ortho intramolecular Hbond substituents is 1. The average Bonchev–Trinajstić information content (AvgIpc) is 2.85. The molecule has 0 atom stereocenters. The number of methoxy groups -OCH3 is 1. The molecular formula is C27H26FNO6. The smallest absolute Gasteiger partial charge is 0.337 e. The summed E-state index contributed by atoms with van der Waals surface area (Å²) in [6.07, 6.45) is 1.27. The van der Waals surface area contributed by atoms with E-state index in [1.807, 2.05) is 6.92 Å². The van der Waals surface area contributed by atoms with Crippen LogP contribution in [-0.2, 0) is 17.8 Å². The molecule has 1 amide bonds. The van der Waals surface area contributed by atoms with Gasteiger partial charge in [0.05, 0.1) is 23.9 Å². The number of esters is 1. The van der Waals surface area contributed by atoms with E-state index >= 15 is 0 Å². The van der Waals surface area contributed by atoms with E-state index in [2.05, 4.69) is 10.1 Å². The van der Waals surface area contributed by atoms with Gasteiger partial charge in [0.15, 0.2) is 5.78 Å². The molecule has 8 heteroatoms. The molecule has 0 unspecified atom stereocenters. The van der Waals surface area contributed by atoms with E-state index < -0.39 is 17.7 Å². The summed E-state index contributed by atoms with van der Waals surface area (Å²) in [4.78, 5) is 36.2. The number of benzene rings is 3. The fraction of sp³-hybridized carbons (Fsp3) is 0.222. The number of halogens is 1. The second-order valence-electron chi connectivity index (χ2n) is 7.87. The van der Waals surface area contributed by atoms with E-state index in [1.165, 1.54) is 32.2 Å². The van der Waals surface area contributed by atoms with Crippen LogP contribution in [0.5, 0.6) is 11.5 Å². The van der Waals surface area contributed by atoms with E-state index in [4.69, 9.17) is 4.74 Å². The topological polar surface area (TPSA) is 102 Å². The number of carbonyl (C=O) groups is 3. The number of amides is 1. The largest absolute Gasteiger partial charge is 0.507 e. The minimum Gasteiger partial charge on any atom is -0.507 e. The van der Waals surface area contributed by atoms with Crippen molar-refractivity contribution in [1.82, 2.24) is 0 Å². The maximum absolute atomic E-state index is 14.2. The molecule has 3 aromatic carbocycles. The first kappa shape index (κ1) is 25.4. The molecule has 7 nitrogen and oxygen atoms in total. The SMILES string of the molecule is CCCc1c(OCc2cccc(C(=O)Nc3cc(C(=O)OC)ccc3F)c2)ccc(C(C)=O)c1O. The Morgan fingerprint density at radius 3 is 2.49 bits per heavy atom. The Hall–Kier alpha value is -4.20. The van der Waals surface area contributed by atoms with Gasteiger partial charge in [-0.1, -0.05) is 25.5 Å². The summed E-state index contributed by atoms with van der Waals surface area (Å²) < 4.78 is 24.7. The van der Waals surface area contributed by atoms with Crippen molar-refractivity contribution in [2.45, 2.75) is 33.3 Å². The molecule has 0 bridgehead atoms. The van der Waals surface area contributed by atoms with Crippen LogP contribution in [0.2, 0.25) is 0 Å². The van der Waals surface area contributed by atoms with Gasteiger partial charge in [-0.3, -0.25) is 9.59 Å². The number of Topliss-reactive ketones (excluding diaryl/α,β-unsaturated/α-hetero) is 1. The maximum atomic E-state index is 14.2. The van der Waals surface area contributed by atoms with Gasteiger partial charge in [-0.15, -0.1) is 0 Å². The Kier molecular flexibility index (Phi) is 8.20. The number of hydrogen-bond acceptors (Lipinski definition) is 6. The summed E-state index contributed by atoms with van der Waals surface area (Å²) in [6.45, 7) is 3.44. The van der Waals surface area contributed by atoms with Crippen molar-refractivity contribution in [3.63, 3.8) is 0 Å². The molecule has 0 aromatic heterocycles. The Morgan fingerprint density at radius 1 is 1.03 bits per heavy atom. The van der Waals surface area contributed by atoms with Gasteiger partial charge >= 0.3 is 5.97 Å². The number of anilines is 1. The van der Waals surface area contributed by atoms with Gasteiger partial charge in [-0.2, -0.15) is 0 Å². The molecule has 0 spiro atoms. The molecule has 0 heterocycles. The van der Waals surface area contributed by atoms with Gasteiger partial charge in [-0.05, 0) is 61.4 Å². The van der Waals surface area contributed by atoms with Crippen LogP contribution in [0.25, 0.3) is 0 Å². The van der Waals surface area contributed by atoms with E-state index in [0.717, 1.165) is 12.5 Å². The number of aromatic hydroxyl groups is 1. The van der Waals surface area contributed by atoms with Crippen LogP contribution >= 0.6 is 0 Å². The van der Waals surface area contributed by atoms with Crippen molar-refractivity contribution in [1.29, 1.82) is 0 Å². The summed E-state index contributed by atoms with van der Waals surface area (Å²) in [5.74, 6) is -1.78. The first-order valence-corrected chi connectivity index (χ1v) is 11.0. The zero-order valence-electron chi connectivity index (χ0n) is 19.7. The van der Waals surface area contributed by atoms with Crippen LogP contribution < -0.4 is 10.1 Å². The lowest BCUT2D eigenvalue weighted by molar-refractivity contribution is 0.0600. The fourth-order valence-electron chi connectivity index (χ4n) is 3.55. The molecule has 0 aliphatic rings. The highest BCUT2D eigenvalue weighted by atomic mass is 19.1. The summed E-state index contributed by atoms with van der Waals surface area (Å²) in [7, 11) is 1.21. The van der Waals surface area contributed by atoms with Crippen molar-refractivity contribution in [2.75, 3.05) is 12.4 Å². The predicted octanol–water partition coefficient (Wildman–Crippen LogP) is 5.30. The highest BCUT2D eigenvalue weighted by Crippen LogP contribution is 2.33. The third kappa shape index (κ3) is 6.03. The minimum absolute atomic E-state index is 0.0822. The van der Waals surface area contributed by atoms with Gasteiger partial charge in [-0.25, -0.2) is 9.18 Å². The van der Waals surface area contributed by atoms with E-state index in [1.54, 1.807) is 30.3 Å². The number of ketones is 1. The van der Waals surface area contributed by atoms with Crippen molar-refractivity contribution in [2.24, 2.45) is 0 Å². The van der Waals surface area contributed by atoms with Crippen LogP contribution in [-0.4, -0.2) is 29.9 Å². The second kappa shape index (κ2) is 11.3. The normalized spacial score (nSPS) is 10.5. The number of ether oxygens (including phenoxy) is 2. The predicted molar refractivity (Wildman–Crippen MR) is 129 cm³/mol. The molecular weight excluding hydrogens is 453 g/mol. The molecule has 0 saturated carbocycles. The number of rotatable bonds is 9. The van der Waals surface area contributed by atoms with Crippen LogP contribution in [0.3, 0.4) is 0 Å². The van der Waals surface area contributed by atoms with Gasteiger partial charge in [0.1, 0.15) is 23.9 Å². The second-order valence-corrected chi connectivity index (χ2v) is 7.87.